The van der Waals surface area contributed by atoms with Gasteiger partial charge in [-0.3, -0.25) is 15.0 Å². The van der Waals surface area contributed by atoms with E-state index in [4.69, 9.17) is 4.98 Å². The first-order valence-electron chi connectivity index (χ1n) is 11.8. The molecule has 6 aromatic rings. The molecule has 3 aromatic heterocycles. The van der Waals surface area contributed by atoms with Crippen molar-refractivity contribution in [2.45, 2.75) is 19.3 Å². The van der Waals surface area contributed by atoms with Gasteiger partial charge in [-0.2, -0.15) is 0 Å². The van der Waals surface area contributed by atoms with Gasteiger partial charge in [0.2, 0.25) is 0 Å². The smallest absolute Gasteiger partial charge is 0.0885 e. The second-order valence-electron chi connectivity index (χ2n) is 9.67. The molecule has 35 heavy (non-hydrogen) atoms. The van der Waals surface area contributed by atoms with E-state index >= 15 is 0 Å². The van der Waals surface area contributed by atoms with Crippen molar-refractivity contribution < 1.29 is 0 Å². The first kappa shape index (κ1) is 20.0. The van der Waals surface area contributed by atoms with E-state index in [-0.39, 0.29) is 5.41 Å². The summed E-state index contributed by atoms with van der Waals surface area (Å²) in [5.41, 5.74) is 8.68. The predicted octanol–water partition coefficient (Wildman–Crippen LogP) is 7.21. The van der Waals surface area contributed by atoms with Crippen LogP contribution in [0.4, 0.5) is 0 Å². The van der Waals surface area contributed by atoms with Crippen LogP contribution in [0.15, 0.2) is 97.7 Å². The largest absolute Gasteiger partial charge is 0.265 e. The van der Waals surface area contributed by atoms with Crippen LogP contribution in [0.5, 0.6) is 0 Å². The van der Waals surface area contributed by atoms with Gasteiger partial charge in [-0.1, -0.05) is 32.0 Å². The molecule has 7 rings (SSSR count). The van der Waals surface area contributed by atoms with E-state index in [1.54, 1.807) is 24.8 Å². The molecule has 0 saturated heterocycles. The Morgan fingerprint density at radius 3 is 1.83 bits per heavy atom. The second-order valence-corrected chi connectivity index (χ2v) is 9.67. The lowest BCUT2D eigenvalue weighted by Gasteiger charge is -2.23. The van der Waals surface area contributed by atoms with Crippen molar-refractivity contribution in [2.24, 2.45) is 0 Å². The van der Waals surface area contributed by atoms with E-state index in [2.05, 4.69) is 83.4 Å². The molecule has 4 heteroatoms. The van der Waals surface area contributed by atoms with Crippen molar-refractivity contribution in [1.29, 1.82) is 0 Å². The molecule has 0 fully saturated rings. The fourth-order valence-electron chi connectivity index (χ4n) is 5.48. The number of benzene rings is 3. The molecule has 0 atom stereocenters. The Balaban J connectivity index is 1.43. The van der Waals surface area contributed by atoms with E-state index in [1.807, 2.05) is 18.3 Å². The highest BCUT2D eigenvalue weighted by Crippen LogP contribution is 2.51. The quantitative estimate of drug-likeness (QED) is 0.267. The zero-order valence-electron chi connectivity index (χ0n) is 19.5. The summed E-state index contributed by atoms with van der Waals surface area (Å²) in [7, 11) is 0. The van der Waals surface area contributed by atoms with Crippen LogP contribution in [-0.4, -0.2) is 19.9 Å². The molecular weight excluding hydrogens is 428 g/mol. The Bertz CT molecular complexity index is 1760. The minimum Gasteiger partial charge on any atom is -0.265 e. The Morgan fingerprint density at radius 2 is 1.20 bits per heavy atom. The van der Waals surface area contributed by atoms with Crippen molar-refractivity contribution in [1.82, 2.24) is 19.9 Å². The normalized spacial score (nSPS) is 13.7. The summed E-state index contributed by atoms with van der Waals surface area (Å²) in [6.07, 6.45) is 8.91. The maximum absolute atomic E-state index is 5.01. The minimum atomic E-state index is -0.142. The Hall–Kier alpha value is -4.44. The van der Waals surface area contributed by atoms with Gasteiger partial charge in [-0.15, -0.1) is 0 Å². The number of pyridine rings is 2. The third-order valence-electron chi connectivity index (χ3n) is 7.26. The van der Waals surface area contributed by atoms with Gasteiger partial charge in [-0.05, 0) is 81.2 Å². The van der Waals surface area contributed by atoms with Gasteiger partial charge in [0, 0.05) is 46.9 Å². The molecule has 166 valence electrons. The topological polar surface area (TPSA) is 51.6 Å². The minimum absolute atomic E-state index is 0.142. The van der Waals surface area contributed by atoms with E-state index in [1.165, 1.54) is 32.7 Å². The molecule has 0 amide bonds. The maximum atomic E-state index is 5.01. The molecule has 1 aliphatic rings. The highest BCUT2D eigenvalue weighted by Gasteiger charge is 2.35. The van der Waals surface area contributed by atoms with Gasteiger partial charge < -0.3 is 0 Å². The van der Waals surface area contributed by atoms with Crippen LogP contribution in [-0.2, 0) is 5.41 Å². The lowest BCUT2D eigenvalue weighted by molar-refractivity contribution is 0.663. The summed E-state index contributed by atoms with van der Waals surface area (Å²) in [6, 6.07) is 23.8. The van der Waals surface area contributed by atoms with Crippen LogP contribution in [0.1, 0.15) is 25.0 Å². The summed E-state index contributed by atoms with van der Waals surface area (Å²) in [4.78, 5) is 18.0. The number of rotatable bonds is 3. The van der Waals surface area contributed by atoms with Gasteiger partial charge in [-0.25, -0.2) is 4.98 Å². The number of nitrogens with zero attached hydrogens (tertiary/aromatic N) is 4. The van der Waals surface area contributed by atoms with Gasteiger partial charge in [0.15, 0.2) is 0 Å². The molecule has 0 N–H and O–H groups in total. The second kappa shape index (κ2) is 7.28. The van der Waals surface area contributed by atoms with E-state index in [0.717, 1.165) is 33.8 Å². The maximum Gasteiger partial charge on any atom is 0.0885 e. The summed E-state index contributed by atoms with van der Waals surface area (Å²) in [5, 5.41) is 5.19. The zero-order chi connectivity index (χ0) is 23.6. The van der Waals surface area contributed by atoms with E-state index in [0.29, 0.717) is 0 Å². The van der Waals surface area contributed by atoms with Crippen LogP contribution in [0.3, 0.4) is 0 Å². The van der Waals surface area contributed by atoms with Crippen LogP contribution in [0.2, 0.25) is 0 Å². The molecule has 0 aliphatic heterocycles. The Morgan fingerprint density at radius 1 is 0.571 bits per heavy atom. The highest BCUT2D eigenvalue weighted by atomic mass is 14.8. The van der Waals surface area contributed by atoms with Gasteiger partial charge in [0.05, 0.1) is 23.3 Å². The van der Waals surface area contributed by atoms with Gasteiger partial charge in [0.25, 0.3) is 0 Å². The predicted molar refractivity (Wildman–Crippen MR) is 141 cm³/mol. The standard InChI is InChI=1S/C31H22N4/c1-31(2)24-16-22(27-5-3-4-26(35-27)19-8-10-32-11-9-19)14-20-6-7-21-15-23(28-18-33-12-13-34-28)17-25(31)30(21)29(20)24/h3-18H,1-2H3. The first-order valence-corrected chi connectivity index (χ1v) is 11.8. The fourth-order valence-corrected chi connectivity index (χ4v) is 5.48. The van der Waals surface area contributed by atoms with Crippen LogP contribution >= 0.6 is 0 Å². The average Bonchev–Trinajstić information content (AvgIpc) is 3.15. The van der Waals surface area contributed by atoms with E-state index < -0.39 is 0 Å². The monoisotopic (exact) mass is 450 g/mol. The molecule has 0 bridgehead atoms. The van der Waals surface area contributed by atoms with Crippen molar-refractivity contribution in [3.05, 3.63) is 109 Å². The highest BCUT2D eigenvalue weighted by molar-refractivity contribution is 6.16. The molecular formula is C31H22N4. The third-order valence-corrected chi connectivity index (χ3v) is 7.26. The molecule has 3 heterocycles. The zero-order valence-corrected chi connectivity index (χ0v) is 19.5. The lowest BCUT2D eigenvalue weighted by Crippen LogP contribution is -2.15. The average molecular weight is 451 g/mol. The van der Waals surface area contributed by atoms with E-state index in [9.17, 15) is 0 Å². The van der Waals surface area contributed by atoms with Crippen LogP contribution in [0, 0.1) is 0 Å². The summed E-state index contributed by atoms with van der Waals surface area (Å²) in [6.45, 7) is 4.64. The number of hydrogen-bond donors (Lipinski definition) is 0. The molecule has 1 aliphatic carbocycles. The Kier molecular flexibility index (Phi) is 4.15. The molecule has 0 spiro atoms. The molecule has 3 aromatic carbocycles. The van der Waals surface area contributed by atoms with Crippen molar-refractivity contribution >= 4 is 21.5 Å². The molecule has 4 nitrogen and oxygen atoms in total. The van der Waals surface area contributed by atoms with Crippen molar-refractivity contribution in [3.8, 4) is 33.8 Å². The van der Waals surface area contributed by atoms with Crippen LogP contribution in [0.25, 0.3) is 55.3 Å². The molecule has 0 saturated carbocycles. The summed E-state index contributed by atoms with van der Waals surface area (Å²) < 4.78 is 0. The third kappa shape index (κ3) is 3.00. The summed E-state index contributed by atoms with van der Waals surface area (Å²) in [5.74, 6) is 0. The summed E-state index contributed by atoms with van der Waals surface area (Å²) >= 11 is 0. The fraction of sp³-hybridized carbons (Fsp3) is 0.0968. The van der Waals surface area contributed by atoms with Crippen LogP contribution < -0.4 is 0 Å². The number of hydrogen-bond acceptors (Lipinski definition) is 4. The van der Waals surface area contributed by atoms with Crippen molar-refractivity contribution in [2.75, 3.05) is 0 Å². The molecule has 0 unspecified atom stereocenters. The van der Waals surface area contributed by atoms with Crippen molar-refractivity contribution in [3.63, 3.8) is 0 Å². The Labute approximate surface area is 203 Å². The van der Waals surface area contributed by atoms with Gasteiger partial charge >= 0.3 is 0 Å². The SMILES string of the molecule is CC1(C)c2cc(-c3cnccn3)cc3ccc4cc(-c5cccc(-c6ccncc6)n5)cc1c4c23. The molecule has 0 radical (unpaired) electrons. The number of aromatic nitrogens is 4. The van der Waals surface area contributed by atoms with Gasteiger partial charge in [0.1, 0.15) is 0 Å². The first-order chi connectivity index (χ1) is 17.1. The lowest BCUT2D eigenvalue weighted by atomic mass is 9.80.